The van der Waals surface area contributed by atoms with Crippen LogP contribution < -0.4 is 5.32 Å². The lowest BCUT2D eigenvalue weighted by Gasteiger charge is -2.45. The van der Waals surface area contributed by atoms with Crippen LogP contribution in [0.5, 0.6) is 0 Å². The molecule has 5 heteroatoms. The Labute approximate surface area is 156 Å². The highest BCUT2D eigenvalue weighted by Crippen LogP contribution is 2.44. The molecule has 4 rings (SSSR count). The van der Waals surface area contributed by atoms with E-state index in [9.17, 15) is 9.59 Å². The van der Waals surface area contributed by atoms with E-state index in [0.29, 0.717) is 12.0 Å². The smallest absolute Gasteiger partial charge is 0.407 e. The fourth-order valence-corrected chi connectivity index (χ4v) is 4.29. The Kier molecular flexibility index (Phi) is 4.63. The van der Waals surface area contributed by atoms with Crippen molar-refractivity contribution in [1.29, 1.82) is 0 Å². The summed E-state index contributed by atoms with van der Waals surface area (Å²) in [5, 5.41) is 2.76. The number of methoxy groups -OCH3 is 1. The number of carbonyl (C=O) groups excluding carboxylic acids is 2. The fourth-order valence-electron chi connectivity index (χ4n) is 4.29. The van der Waals surface area contributed by atoms with Gasteiger partial charge in [-0.15, -0.1) is 0 Å². The highest BCUT2D eigenvalue weighted by Gasteiger charge is 2.41. The minimum atomic E-state index is -0.412. The van der Waals surface area contributed by atoms with E-state index in [0.717, 1.165) is 31.6 Å². The molecular formula is C21H30N2O3. The van der Waals surface area contributed by atoms with Crippen molar-refractivity contribution in [3.05, 3.63) is 35.4 Å². The van der Waals surface area contributed by atoms with E-state index < -0.39 is 6.09 Å². The Morgan fingerprint density at radius 2 is 1.77 bits per heavy atom. The van der Waals surface area contributed by atoms with Gasteiger partial charge in [0.05, 0.1) is 7.11 Å². The summed E-state index contributed by atoms with van der Waals surface area (Å²) in [4.78, 5) is 25.8. The van der Waals surface area contributed by atoms with Crippen LogP contribution in [0, 0.1) is 5.92 Å². The standard InChI is InChI=1S/C21H28N2O3.H2/c1-23(20(24)17-9-18(10-17)22-21(25)26-2)19-11-16(12-19)15-5-3-4-14(8-15)13-6-7-13;/h3-5,8,13,16-19H,6-7,9-12H2,1-2H3,(H,22,25);1H. The first-order valence-corrected chi connectivity index (χ1v) is 9.76. The monoisotopic (exact) mass is 358 g/mol. The van der Waals surface area contributed by atoms with Crippen LogP contribution in [0.3, 0.4) is 0 Å². The molecule has 1 aromatic carbocycles. The van der Waals surface area contributed by atoms with Crippen molar-refractivity contribution in [2.75, 3.05) is 14.2 Å². The summed E-state index contributed by atoms with van der Waals surface area (Å²) in [6.07, 6.45) is 5.82. The Hall–Kier alpha value is -2.04. The van der Waals surface area contributed by atoms with Gasteiger partial charge in [0.1, 0.15) is 0 Å². The maximum Gasteiger partial charge on any atom is 0.407 e. The first-order chi connectivity index (χ1) is 12.5. The van der Waals surface area contributed by atoms with Crippen LogP contribution in [0.4, 0.5) is 4.79 Å². The molecule has 0 atom stereocenters. The largest absolute Gasteiger partial charge is 0.453 e. The van der Waals surface area contributed by atoms with Gasteiger partial charge in [0, 0.05) is 26.5 Å². The Bertz CT molecular complexity index is 694. The average molecular weight is 358 g/mol. The number of nitrogens with zero attached hydrogens (tertiary/aromatic N) is 1. The minimum Gasteiger partial charge on any atom is -0.453 e. The van der Waals surface area contributed by atoms with E-state index >= 15 is 0 Å². The lowest BCUT2D eigenvalue weighted by atomic mass is 9.73. The van der Waals surface area contributed by atoms with Gasteiger partial charge in [0.15, 0.2) is 0 Å². The van der Waals surface area contributed by atoms with E-state index in [4.69, 9.17) is 0 Å². The molecule has 1 aromatic rings. The number of benzene rings is 1. The maximum atomic E-state index is 12.6. The zero-order chi connectivity index (χ0) is 18.3. The zero-order valence-corrected chi connectivity index (χ0v) is 15.6. The summed E-state index contributed by atoms with van der Waals surface area (Å²) in [7, 11) is 3.29. The molecule has 3 aliphatic rings. The molecule has 0 spiro atoms. The van der Waals surface area contributed by atoms with Crippen LogP contribution >= 0.6 is 0 Å². The highest BCUT2D eigenvalue weighted by molar-refractivity contribution is 5.80. The summed E-state index contributed by atoms with van der Waals surface area (Å²) in [6, 6.07) is 9.49. The van der Waals surface area contributed by atoms with Gasteiger partial charge >= 0.3 is 6.09 Å². The fraction of sp³-hybridized carbons (Fsp3) is 0.619. The minimum absolute atomic E-state index is 0. The number of hydrogen-bond donors (Lipinski definition) is 1. The van der Waals surface area contributed by atoms with Crippen LogP contribution in [0.2, 0.25) is 0 Å². The predicted molar refractivity (Wildman–Crippen MR) is 101 cm³/mol. The number of ether oxygens (including phenoxy) is 1. The lowest BCUT2D eigenvalue weighted by Crippen LogP contribution is -2.53. The molecule has 5 nitrogen and oxygen atoms in total. The molecule has 2 amide bonds. The van der Waals surface area contributed by atoms with Crippen LogP contribution in [0.1, 0.15) is 62.9 Å². The molecule has 3 saturated carbocycles. The van der Waals surface area contributed by atoms with Gasteiger partial charge in [0.25, 0.3) is 0 Å². The van der Waals surface area contributed by atoms with Crippen molar-refractivity contribution >= 4 is 12.0 Å². The van der Waals surface area contributed by atoms with E-state index in [-0.39, 0.29) is 19.3 Å². The second-order valence-corrected chi connectivity index (χ2v) is 8.22. The van der Waals surface area contributed by atoms with Crippen molar-refractivity contribution in [2.24, 2.45) is 5.92 Å². The van der Waals surface area contributed by atoms with Gasteiger partial charge < -0.3 is 15.0 Å². The van der Waals surface area contributed by atoms with E-state index in [1.165, 1.54) is 31.1 Å². The Balaban J connectivity index is 0.00000210. The summed E-state index contributed by atoms with van der Waals surface area (Å²) < 4.78 is 4.60. The van der Waals surface area contributed by atoms with Crippen molar-refractivity contribution < 1.29 is 15.8 Å². The van der Waals surface area contributed by atoms with Crippen LogP contribution in [-0.2, 0) is 9.53 Å². The summed E-state index contributed by atoms with van der Waals surface area (Å²) >= 11 is 0. The molecule has 0 aromatic heterocycles. The molecule has 0 unspecified atom stereocenters. The van der Waals surface area contributed by atoms with Gasteiger partial charge in [0.2, 0.25) is 5.91 Å². The lowest BCUT2D eigenvalue weighted by molar-refractivity contribution is -0.141. The van der Waals surface area contributed by atoms with Crippen molar-refractivity contribution in [3.63, 3.8) is 0 Å². The first-order valence-electron chi connectivity index (χ1n) is 9.76. The Morgan fingerprint density at radius 3 is 2.38 bits per heavy atom. The maximum absolute atomic E-state index is 12.6. The normalized spacial score (nSPS) is 29.9. The van der Waals surface area contributed by atoms with Crippen LogP contribution in [0.25, 0.3) is 0 Å². The summed E-state index contributed by atoms with van der Waals surface area (Å²) in [6.45, 7) is 0. The Morgan fingerprint density at radius 1 is 1.12 bits per heavy atom. The van der Waals surface area contributed by atoms with E-state index in [1.807, 2.05) is 11.9 Å². The molecule has 3 aliphatic carbocycles. The summed E-state index contributed by atoms with van der Waals surface area (Å²) in [5.41, 5.74) is 2.94. The van der Waals surface area contributed by atoms with Gasteiger partial charge in [-0.2, -0.15) is 0 Å². The molecular weight excluding hydrogens is 328 g/mol. The van der Waals surface area contributed by atoms with Crippen molar-refractivity contribution in [2.45, 2.75) is 62.4 Å². The molecule has 0 radical (unpaired) electrons. The molecule has 26 heavy (non-hydrogen) atoms. The van der Waals surface area contributed by atoms with Crippen LogP contribution in [0.15, 0.2) is 24.3 Å². The van der Waals surface area contributed by atoms with Gasteiger partial charge in [-0.25, -0.2) is 4.79 Å². The SMILES string of the molecule is COC(=O)NC1CC(C(=O)N(C)C2CC(c3cccc(C4CC4)c3)C2)C1.[HH]. The molecule has 3 fully saturated rings. The zero-order valence-electron chi connectivity index (χ0n) is 15.6. The molecule has 0 heterocycles. The predicted octanol–water partition coefficient (Wildman–Crippen LogP) is 3.65. The third-order valence-corrected chi connectivity index (χ3v) is 6.43. The highest BCUT2D eigenvalue weighted by atomic mass is 16.5. The summed E-state index contributed by atoms with van der Waals surface area (Å²) in [5.74, 6) is 1.65. The molecule has 0 bridgehead atoms. The second-order valence-electron chi connectivity index (χ2n) is 8.22. The number of nitrogens with one attached hydrogen (secondary N) is 1. The molecule has 0 aliphatic heterocycles. The molecule has 0 saturated heterocycles. The second kappa shape index (κ2) is 6.93. The number of carbonyl (C=O) groups is 2. The van der Waals surface area contributed by atoms with Crippen molar-refractivity contribution in [1.82, 2.24) is 10.2 Å². The number of hydrogen-bond acceptors (Lipinski definition) is 3. The van der Waals surface area contributed by atoms with Crippen molar-refractivity contribution in [3.8, 4) is 0 Å². The third kappa shape index (κ3) is 3.44. The average Bonchev–Trinajstić information content (AvgIpc) is 3.40. The quantitative estimate of drug-likeness (QED) is 0.874. The van der Waals surface area contributed by atoms with Gasteiger partial charge in [-0.05, 0) is 61.5 Å². The van der Waals surface area contributed by atoms with Crippen LogP contribution in [-0.4, -0.2) is 43.1 Å². The van der Waals surface area contributed by atoms with E-state index in [1.54, 1.807) is 0 Å². The van der Waals surface area contributed by atoms with Gasteiger partial charge in [-0.1, -0.05) is 24.3 Å². The van der Waals surface area contributed by atoms with E-state index in [2.05, 4.69) is 34.3 Å². The van der Waals surface area contributed by atoms with Gasteiger partial charge in [-0.3, -0.25) is 4.79 Å². The number of alkyl carbamates (subject to hydrolysis) is 1. The molecule has 1 N–H and O–H groups in total. The topological polar surface area (TPSA) is 58.6 Å². The number of amides is 2. The first kappa shape index (κ1) is 17.4. The third-order valence-electron chi connectivity index (χ3n) is 6.43. The molecule has 142 valence electrons. The number of rotatable bonds is 5.